The highest BCUT2D eigenvalue weighted by Gasteiger charge is 2.28. The number of hydrogen-bond acceptors (Lipinski definition) is 9. The van der Waals surface area contributed by atoms with E-state index in [2.05, 4.69) is 30.5 Å². The van der Waals surface area contributed by atoms with E-state index in [0.29, 0.717) is 12.8 Å². The van der Waals surface area contributed by atoms with Gasteiger partial charge in [0.1, 0.15) is 12.6 Å². The minimum atomic E-state index is -4.72. The highest BCUT2D eigenvalue weighted by Crippen LogP contribution is 2.43. The van der Waals surface area contributed by atoms with Crippen molar-refractivity contribution in [3.8, 4) is 0 Å². The molecule has 348 valence electrons. The summed E-state index contributed by atoms with van der Waals surface area (Å²) in [5.41, 5.74) is 5.34. The van der Waals surface area contributed by atoms with Crippen LogP contribution in [0.5, 0.6) is 0 Å². The van der Waals surface area contributed by atoms with Gasteiger partial charge in [0.15, 0.2) is 6.10 Å². The molecule has 4 N–H and O–H groups in total. The van der Waals surface area contributed by atoms with Crippen molar-refractivity contribution >= 4 is 25.7 Å². The van der Waals surface area contributed by atoms with Crippen molar-refractivity contribution in [2.24, 2.45) is 5.73 Å². The molecule has 1 unspecified atom stereocenters. The van der Waals surface area contributed by atoms with Crippen LogP contribution in [0.1, 0.15) is 239 Å². The van der Waals surface area contributed by atoms with Crippen molar-refractivity contribution in [1.82, 2.24) is 0 Å². The minimum absolute atomic E-state index is 0.145. The molecule has 0 aliphatic carbocycles. The van der Waals surface area contributed by atoms with Crippen LogP contribution in [0, 0.1) is 0 Å². The van der Waals surface area contributed by atoms with Crippen LogP contribution < -0.4 is 5.73 Å². The summed E-state index contributed by atoms with van der Waals surface area (Å²) in [6.07, 6.45) is 44.3. The van der Waals surface area contributed by atoms with Crippen LogP contribution in [0.3, 0.4) is 0 Å². The first-order valence-electron chi connectivity index (χ1n) is 24.2. The van der Waals surface area contributed by atoms with E-state index < -0.39 is 51.1 Å². The van der Waals surface area contributed by atoms with Crippen LogP contribution in [-0.4, -0.2) is 59.9 Å². The van der Waals surface area contributed by atoms with E-state index in [0.717, 1.165) is 44.9 Å². The van der Waals surface area contributed by atoms with Gasteiger partial charge in [-0.15, -0.1) is 0 Å². The molecule has 0 saturated carbocycles. The summed E-state index contributed by atoms with van der Waals surface area (Å²) in [5, 5.41) is 8.90. The van der Waals surface area contributed by atoms with E-state index in [-0.39, 0.29) is 19.4 Å². The molecule has 12 heteroatoms. The number of nitrogens with two attached hydrogens (primary N) is 1. The van der Waals surface area contributed by atoms with Crippen molar-refractivity contribution in [3.63, 3.8) is 0 Å². The van der Waals surface area contributed by atoms with Gasteiger partial charge in [-0.1, -0.05) is 199 Å². The van der Waals surface area contributed by atoms with Gasteiger partial charge in [0.2, 0.25) is 0 Å². The van der Waals surface area contributed by atoms with Gasteiger partial charge >= 0.3 is 25.7 Å². The number of rotatable bonds is 46. The maximum Gasteiger partial charge on any atom is 0.472 e. The van der Waals surface area contributed by atoms with Crippen molar-refractivity contribution in [1.29, 1.82) is 0 Å². The Morgan fingerprint density at radius 3 is 1.25 bits per heavy atom. The van der Waals surface area contributed by atoms with Crippen molar-refractivity contribution in [2.75, 3.05) is 19.8 Å². The van der Waals surface area contributed by atoms with Crippen LogP contribution in [0.4, 0.5) is 0 Å². The minimum Gasteiger partial charge on any atom is -0.480 e. The monoisotopic (exact) mass is 860 g/mol. The molecule has 3 atom stereocenters. The lowest BCUT2D eigenvalue weighted by atomic mass is 10.0. The molecule has 0 aromatic rings. The average molecular weight is 860 g/mol. The third-order valence-electron chi connectivity index (χ3n) is 10.8. The Balaban J connectivity index is 4.19. The highest BCUT2D eigenvalue weighted by molar-refractivity contribution is 7.47. The number of unbranched alkanes of at least 4 members (excludes halogenated alkanes) is 30. The lowest BCUT2D eigenvalue weighted by molar-refractivity contribution is -0.161. The number of allylic oxidation sites excluding steroid dienone is 2. The Morgan fingerprint density at radius 2 is 0.847 bits per heavy atom. The molecule has 0 aromatic carbocycles. The molecular formula is C47H90NO10P. The van der Waals surface area contributed by atoms with Gasteiger partial charge in [0.25, 0.3) is 0 Å². The molecule has 0 bridgehead atoms. The molecule has 0 aromatic heterocycles. The van der Waals surface area contributed by atoms with Gasteiger partial charge in [0, 0.05) is 12.8 Å². The van der Waals surface area contributed by atoms with Crippen LogP contribution in [-0.2, 0) is 37.5 Å². The van der Waals surface area contributed by atoms with E-state index in [4.69, 9.17) is 24.8 Å². The molecule has 0 amide bonds. The van der Waals surface area contributed by atoms with Crippen LogP contribution >= 0.6 is 7.82 Å². The SMILES string of the molecule is CCCCCCCC/C=C/CCCCCC(=O)O[C@@H](COC(=O)CCCCCCCCCCCCCCCCCCCCCCCC)COP(=O)(O)OC[C@@H](N)C(=O)O. The molecule has 0 saturated heterocycles. The van der Waals surface area contributed by atoms with Gasteiger partial charge < -0.3 is 25.2 Å². The first-order valence-corrected chi connectivity index (χ1v) is 25.7. The lowest BCUT2D eigenvalue weighted by Crippen LogP contribution is -2.34. The Bertz CT molecular complexity index is 1060. The standard InChI is InChI=1S/C47H90NO10P/c1-3-5-7-9-11-13-15-17-18-19-20-21-22-23-24-25-27-28-30-32-34-36-38-45(49)55-40-43(41-56-59(53,54)57-42-44(48)47(51)52)58-46(50)39-37-35-33-31-29-26-16-14-12-10-8-6-4-2/h26,29,43-44H,3-25,27-28,30-42,48H2,1-2H3,(H,51,52)(H,53,54)/b29-26+/t43-,44+/m0/s1. The fourth-order valence-electron chi connectivity index (χ4n) is 6.94. The summed E-state index contributed by atoms with van der Waals surface area (Å²) >= 11 is 0. The quantitative estimate of drug-likeness (QED) is 0.0230. The summed E-state index contributed by atoms with van der Waals surface area (Å²) in [7, 11) is -4.72. The third-order valence-corrected chi connectivity index (χ3v) is 11.7. The molecule has 0 aliphatic heterocycles. The molecule has 59 heavy (non-hydrogen) atoms. The predicted octanol–water partition coefficient (Wildman–Crippen LogP) is 13.2. The number of hydrogen-bond donors (Lipinski definition) is 3. The number of ether oxygens (including phenoxy) is 2. The highest BCUT2D eigenvalue weighted by atomic mass is 31.2. The van der Waals surface area contributed by atoms with Crippen LogP contribution in [0.25, 0.3) is 0 Å². The molecule has 0 radical (unpaired) electrons. The topological polar surface area (TPSA) is 172 Å². The van der Waals surface area contributed by atoms with Gasteiger partial charge in [-0.2, -0.15) is 0 Å². The predicted molar refractivity (Wildman–Crippen MR) is 240 cm³/mol. The molecule has 0 heterocycles. The van der Waals surface area contributed by atoms with Crippen molar-refractivity contribution in [3.05, 3.63) is 12.2 Å². The largest absolute Gasteiger partial charge is 0.480 e. The van der Waals surface area contributed by atoms with Gasteiger partial charge in [0.05, 0.1) is 13.2 Å². The number of aliphatic carboxylic acids is 1. The second kappa shape index (κ2) is 42.9. The Kier molecular flexibility index (Phi) is 41.6. The molecule has 11 nitrogen and oxygen atoms in total. The first-order chi connectivity index (χ1) is 28.6. The van der Waals surface area contributed by atoms with Crippen molar-refractivity contribution in [2.45, 2.75) is 251 Å². The second-order valence-electron chi connectivity index (χ2n) is 16.6. The number of phosphoric acid groups is 1. The maximum absolute atomic E-state index is 12.6. The number of carbonyl (C=O) groups is 3. The molecule has 0 rings (SSSR count). The van der Waals surface area contributed by atoms with Gasteiger partial charge in [-0.05, 0) is 38.5 Å². The van der Waals surface area contributed by atoms with E-state index in [9.17, 15) is 23.8 Å². The molecular weight excluding hydrogens is 769 g/mol. The smallest absolute Gasteiger partial charge is 0.472 e. The zero-order valence-corrected chi connectivity index (χ0v) is 38.8. The summed E-state index contributed by atoms with van der Waals surface area (Å²) in [5.74, 6) is -2.38. The lowest BCUT2D eigenvalue weighted by Gasteiger charge is -2.20. The summed E-state index contributed by atoms with van der Waals surface area (Å²) in [4.78, 5) is 46.0. The second-order valence-corrected chi connectivity index (χ2v) is 18.1. The zero-order valence-electron chi connectivity index (χ0n) is 37.9. The van der Waals surface area contributed by atoms with E-state index in [1.165, 1.54) is 154 Å². The van der Waals surface area contributed by atoms with Crippen LogP contribution in [0.2, 0.25) is 0 Å². The van der Waals surface area contributed by atoms with Crippen LogP contribution in [0.15, 0.2) is 12.2 Å². The van der Waals surface area contributed by atoms with Gasteiger partial charge in [-0.3, -0.25) is 23.4 Å². The summed E-state index contributed by atoms with van der Waals surface area (Å²) in [6.45, 7) is 2.82. The number of carbonyl (C=O) groups excluding carboxylic acids is 2. The number of phosphoric ester groups is 1. The molecule has 0 fully saturated rings. The number of carboxylic acids is 1. The fourth-order valence-corrected chi connectivity index (χ4v) is 7.72. The maximum atomic E-state index is 12.6. The fraction of sp³-hybridized carbons (Fsp3) is 0.894. The molecule has 0 spiro atoms. The Hall–Kier alpha value is -1.78. The summed E-state index contributed by atoms with van der Waals surface area (Å²) < 4.78 is 32.7. The first kappa shape index (κ1) is 57.2. The van der Waals surface area contributed by atoms with E-state index in [1.807, 2.05) is 0 Å². The zero-order chi connectivity index (χ0) is 43.5. The molecule has 0 aliphatic rings. The number of carboxylic acid groups (broad SMARTS) is 1. The Labute approximate surface area is 360 Å². The van der Waals surface area contributed by atoms with Crippen molar-refractivity contribution < 1.29 is 47.5 Å². The van der Waals surface area contributed by atoms with Gasteiger partial charge in [-0.25, -0.2) is 4.57 Å². The summed E-state index contributed by atoms with van der Waals surface area (Å²) in [6, 6.07) is -1.52. The normalized spacial score (nSPS) is 13.7. The number of esters is 2. The average Bonchev–Trinajstić information content (AvgIpc) is 3.21. The Morgan fingerprint density at radius 1 is 0.508 bits per heavy atom. The van der Waals surface area contributed by atoms with E-state index in [1.54, 1.807) is 0 Å². The van der Waals surface area contributed by atoms with E-state index >= 15 is 0 Å². The third kappa shape index (κ3) is 42.7.